The third kappa shape index (κ3) is 8.74. The molecule has 4 nitrogen and oxygen atoms in total. The van der Waals surface area contributed by atoms with E-state index in [4.69, 9.17) is 4.74 Å². The first kappa shape index (κ1) is 26.1. The number of hydrogen-bond acceptors (Lipinski definition) is 3. The molecule has 4 heteroatoms. The predicted molar refractivity (Wildman–Crippen MR) is 136 cm³/mol. The highest BCUT2D eigenvalue weighted by Crippen LogP contribution is 2.24. The van der Waals surface area contributed by atoms with Crippen LogP contribution in [0.25, 0.3) is 0 Å². The Morgan fingerprint density at radius 3 is 1.85 bits per heavy atom. The van der Waals surface area contributed by atoms with Crippen molar-refractivity contribution in [2.24, 2.45) is 0 Å². The van der Waals surface area contributed by atoms with Crippen molar-refractivity contribution in [2.45, 2.75) is 59.7 Å². The van der Waals surface area contributed by atoms with Crippen molar-refractivity contribution >= 4 is 5.97 Å². The van der Waals surface area contributed by atoms with E-state index in [0.29, 0.717) is 30.9 Å². The van der Waals surface area contributed by atoms with Crippen molar-refractivity contribution in [3.63, 3.8) is 0 Å². The first-order chi connectivity index (χ1) is 15.8. The molecule has 0 radical (unpaired) electrons. The molecule has 1 N–H and O–H groups in total. The molecule has 0 heterocycles. The second-order valence-electron chi connectivity index (χ2n) is 8.58. The standard InChI is InChI=1S/C21H18O3.C8H19N/c22-21(23)18-11-12-20(24-15-17-9-5-2-6-10-17)19(14-18)13-16-7-3-1-4-8-16;1-6-9(7(2)3)8(4)5/h1-12,14H,13,15H2,(H,22,23);7-8H,6H2,1-5H3. The van der Waals surface area contributed by atoms with Gasteiger partial charge < -0.3 is 9.84 Å². The van der Waals surface area contributed by atoms with Crippen molar-refractivity contribution in [1.82, 2.24) is 4.90 Å². The molecule has 0 aliphatic rings. The second-order valence-corrected chi connectivity index (χ2v) is 8.58. The number of carbonyl (C=O) groups is 1. The highest BCUT2D eigenvalue weighted by molar-refractivity contribution is 5.88. The minimum Gasteiger partial charge on any atom is -0.489 e. The van der Waals surface area contributed by atoms with E-state index < -0.39 is 5.97 Å². The summed E-state index contributed by atoms with van der Waals surface area (Å²) < 4.78 is 5.94. The van der Waals surface area contributed by atoms with Gasteiger partial charge in [-0.15, -0.1) is 0 Å². The Hall–Kier alpha value is -3.11. The van der Waals surface area contributed by atoms with Crippen LogP contribution >= 0.6 is 0 Å². The molecule has 0 aromatic heterocycles. The Morgan fingerprint density at radius 2 is 1.39 bits per heavy atom. The lowest BCUT2D eigenvalue weighted by Crippen LogP contribution is -2.36. The van der Waals surface area contributed by atoms with Crippen molar-refractivity contribution in [3.8, 4) is 5.75 Å². The normalized spacial score (nSPS) is 10.8. The van der Waals surface area contributed by atoms with Gasteiger partial charge in [-0.05, 0) is 69.1 Å². The Morgan fingerprint density at radius 1 is 0.848 bits per heavy atom. The van der Waals surface area contributed by atoms with E-state index in [1.54, 1.807) is 18.2 Å². The average Bonchev–Trinajstić information content (AvgIpc) is 2.80. The van der Waals surface area contributed by atoms with Gasteiger partial charge in [0.2, 0.25) is 0 Å². The average molecular weight is 448 g/mol. The van der Waals surface area contributed by atoms with E-state index in [1.807, 2.05) is 60.7 Å². The number of benzene rings is 3. The Bertz CT molecular complexity index is 961. The lowest BCUT2D eigenvalue weighted by Gasteiger charge is -2.28. The number of carboxylic acid groups (broad SMARTS) is 1. The van der Waals surface area contributed by atoms with Crippen LogP contribution in [0.1, 0.15) is 61.7 Å². The fourth-order valence-electron chi connectivity index (χ4n) is 3.87. The number of aromatic carboxylic acids is 1. The SMILES string of the molecule is CCN(C(C)C)C(C)C.O=C(O)c1ccc(OCc2ccccc2)c(Cc2ccccc2)c1. The fraction of sp³-hybridized carbons (Fsp3) is 0.345. The third-order valence-electron chi connectivity index (χ3n) is 5.47. The van der Waals surface area contributed by atoms with Crippen LogP contribution in [0.2, 0.25) is 0 Å². The molecule has 0 atom stereocenters. The maximum Gasteiger partial charge on any atom is 0.335 e. The van der Waals surface area contributed by atoms with Gasteiger partial charge in [-0.2, -0.15) is 0 Å². The van der Waals surface area contributed by atoms with Crippen molar-refractivity contribution in [2.75, 3.05) is 6.54 Å². The quantitative estimate of drug-likeness (QED) is 0.397. The van der Waals surface area contributed by atoms with E-state index in [9.17, 15) is 9.90 Å². The molecule has 0 unspecified atom stereocenters. The maximum absolute atomic E-state index is 11.3. The molecule has 0 spiro atoms. The highest BCUT2D eigenvalue weighted by Gasteiger charge is 2.11. The first-order valence-electron chi connectivity index (χ1n) is 11.6. The molecule has 0 saturated carbocycles. The predicted octanol–water partition coefficient (Wildman–Crippen LogP) is 6.68. The molecule has 3 aromatic carbocycles. The van der Waals surface area contributed by atoms with Gasteiger partial charge in [0.15, 0.2) is 0 Å². The van der Waals surface area contributed by atoms with Gasteiger partial charge in [0.1, 0.15) is 12.4 Å². The first-order valence-corrected chi connectivity index (χ1v) is 11.6. The van der Waals surface area contributed by atoms with Gasteiger partial charge in [0, 0.05) is 18.5 Å². The summed E-state index contributed by atoms with van der Waals surface area (Å²) in [6.45, 7) is 12.8. The third-order valence-corrected chi connectivity index (χ3v) is 5.47. The largest absolute Gasteiger partial charge is 0.489 e. The van der Waals surface area contributed by atoms with Gasteiger partial charge >= 0.3 is 5.97 Å². The number of ether oxygens (including phenoxy) is 1. The van der Waals surface area contributed by atoms with E-state index in [2.05, 4.69) is 39.5 Å². The smallest absolute Gasteiger partial charge is 0.335 e. The van der Waals surface area contributed by atoms with E-state index in [1.165, 1.54) is 0 Å². The van der Waals surface area contributed by atoms with Crippen LogP contribution in [0, 0.1) is 0 Å². The molecule has 0 fully saturated rings. The van der Waals surface area contributed by atoms with Gasteiger partial charge in [-0.3, -0.25) is 4.90 Å². The zero-order chi connectivity index (χ0) is 24.2. The molecule has 176 valence electrons. The van der Waals surface area contributed by atoms with Crippen molar-refractivity contribution in [1.29, 1.82) is 0 Å². The van der Waals surface area contributed by atoms with Crippen LogP contribution in [-0.4, -0.2) is 34.6 Å². The number of hydrogen-bond donors (Lipinski definition) is 1. The second kappa shape index (κ2) is 13.4. The summed E-state index contributed by atoms with van der Waals surface area (Å²) in [5, 5.41) is 9.23. The Balaban J connectivity index is 0.000000365. The number of carboxylic acids is 1. The topological polar surface area (TPSA) is 49.8 Å². The zero-order valence-electron chi connectivity index (χ0n) is 20.5. The highest BCUT2D eigenvalue weighted by atomic mass is 16.5. The van der Waals surface area contributed by atoms with Crippen LogP contribution in [0.15, 0.2) is 78.9 Å². The van der Waals surface area contributed by atoms with Crippen LogP contribution in [0.5, 0.6) is 5.75 Å². The molecule has 0 saturated heterocycles. The summed E-state index contributed by atoms with van der Waals surface area (Å²) in [6.07, 6.45) is 0.631. The molecule has 0 bridgehead atoms. The summed E-state index contributed by atoms with van der Waals surface area (Å²) >= 11 is 0. The summed E-state index contributed by atoms with van der Waals surface area (Å²) in [5.74, 6) is -0.216. The van der Waals surface area contributed by atoms with E-state index in [0.717, 1.165) is 23.2 Å². The molecule has 0 aliphatic carbocycles. The van der Waals surface area contributed by atoms with Gasteiger partial charge in [0.05, 0.1) is 5.56 Å². The lowest BCUT2D eigenvalue weighted by molar-refractivity contribution is 0.0696. The molecule has 33 heavy (non-hydrogen) atoms. The molecular weight excluding hydrogens is 410 g/mol. The van der Waals surface area contributed by atoms with Crippen LogP contribution in [-0.2, 0) is 13.0 Å². The summed E-state index contributed by atoms with van der Waals surface area (Å²) in [4.78, 5) is 13.7. The van der Waals surface area contributed by atoms with E-state index >= 15 is 0 Å². The Kier molecular flexibility index (Phi) is 10.6. The maximum atomic E-state index is 11.3. The van der Waals surface area contributed by atoms with Crippen LogP contribution in [0.3, 0.4) is 0 Å². The summed E-state index contributed by atoms with van der Waals surface area (Å²) in [7, 11) is 0. The zero-order valence-corrected chi connectivity index (χ0v) is 20.5. The van der Waals surface area contributed by atoms with Crippen LogP contribution < -0.4 is 4.74 Å². The number of nitrogens with zero attached hydrogens (tertiary/aromatic N) is 1. The minimum absolute atomic E-state index is 0.271. The fourth-order valence-corrected chi connectivity index (χ4v) is 3.87. The van der Waals surface area contributed by atoms with Gasteiger partial charge in [0.25, 0.3) is 0 Å². The van der Waals surface area contributed by atoms with Crippen molar-refractivity contribution < 1.29 is 14.6 Å². The van der Waals surface area contributed by atoms with Gasteiger partial charge in [-0.1, -0.05) is 67.6 Å². The number of rotatable bonds is 9. The summed E-state index contributed by atoms with van der Waals surface area (Å²) in [6, 6.07) is 26.3. The minimum atomic E-state index is -0.932. The molecule has 3 aromatic rings. The van der Waals surface area contributed by atoms with Crippen LogP contribution in [0.4, 0.5) is 0 Å². The lowest BCUT2D eigenvalue weighted by atomic mass is 10.0. The van der Waals surface area contributed by atoms with E-state index in [-0.39, 0.29) is 5.56 Å². The Labute approximate surface area is 198 Å². The molecule has 3 rings (SSSR count). The molecular formula is C29H37NO3. The molecule has 0 amide bonds. The molecule has 0 aliphatic heterocycles. The van der Waals surface area contributed by atoms with Gasteiger partial charge in [-0.25, -0.2) is 4.79 Å². The monoisotopic (exact) mass is 447 g/mol. The summed E-state index contributed by atoms with van der Waals surface area (Å²) in [5.41, 5.74) is 3.33. The van der Waals surface area contributed by atoms with Crippen molar-refractivity contribution in [3.05, 3.63) is 101 Å².